The molecule has 1 aromatic rings. The molecule has 0 unspecified atom stereocenters. The zero-order chi connectivity index (χ0) is 10.4. The Balaban J connectivity index is 2.06. The minimum absolute atomic E-state index is 0.148. The molecule has 0 saturated carbocycles. The van der Waals surface area contributed by atoms with Gasteiger partial charge >= 0.3 is 0 Å². The summed E-state index contributed by atoms with van der Waals surface area (Å²) in [4.78, 5) is 7.00. The molecule has 0 atom stereocenters. The van der Waals surface area contributed by atoms with Gasteiger partial charge in [-0.3, -0.25) is 4.55 Å². The highest BCUT2D eigenvalue weighted by molar-refractivity contribution is 7.85. The molecule has 0 spiro atoms. The molecule has 0 aliphatic heterocycles. The third kappa shape index (κ3) is 4.98. The van der Waals surface area contributed by atoms with Crippen molar-refractivity contribution < 1.29 is 13.0 Å². The average Bonchev–Trinajstić information content (AvgIpc) is 2.54. The van der Waals surface area contributed by atoms with E-state index in [1.807, 2.05) is 0 Å². The highest BCUT2D eigenvalue weighted by atomic mass is 32.2. The van der Waals surface area contributed by atoms with Crippen molar-refractivity contribution in [2.24, 2.45) is 0 Å². The molecule has 6 heteroatoms. The molecular formula is C8H14N2O3S. The highest BCUT2D eigenvalue weighted by Gasteiger charge is 2.03. The number of nitrogens with zero attached hydrogens (tertiary/aromatic N) is 1. The topological polar surface area (TPSA) is 83.1 Å². The second-order valence-corrected chi connectivity index (χ2v) is 4.70. The van der Waals surface area contributed by atoms with E-state index in [9.17, 15) is 8.42 Å². The Labute approximate surface area is 83.3 Å². The first-order valence-corrected chi connectivity index (χ1v) is 6.12. The minimum atomic E-state index is -3.78. The van der Waals surface area contributed by atoms with Crippen LogP contribution in [0.15, 0.2) is 12.4 Å². The van der Waals surface area contributed by atoms with Crippen molar-refractivity contribution in [2.75, 3.05) is 5.75 Å². The number of aryl methyl sites for hydroxylation is 1. The van der Waals surface area contributed by atoms with Gasteiger partial charge in [0.05, 0.1) is 5.75 Å². The minimum Gasteiger partial charge on any atom is -0.349 e. The van der Waals surface area contributed by atoms with E-state index in [1.165, 1.54) is 0 Å². The first-order valence-electron chi connectivity index (χ1n) is 4.51. The second kappa shape index (κ2) is 5.11. The van der Waals surface area contributed by atoms with Gasteiger partial charge in [0.25, 0.3) is 10.1 Å². The lowest BCUT2D eigenvalue weighted by molar-refractivity contribution is 0.479. The summed E-state index contributed by atoms with van der Waals surface area (Å²) < 4.78 is 29.2. The van der Waals surface area contributed by atoms with Crippen LogP contribution in [-0.4, -0.2) is 28.7 Å². The molecule has 80 valence electrons. The number of nitrogens with one attached hydrogen (secondary N) is 1. The Morgan fingerprint density at radius 1 is 1.36 bits per heavy atom. The maximum absolute atomic E-state index is 10.4. The molecule has 1 heterocycles. The van der Waals surface area contributed by atoms with E-state index in [0.29, 0.717) is 6.42 Å². The average molecular weight is 218 g/mol. The Kier molecular flexibility index (Phi) is 4.09. The van der Waals surface area contributed by atoms with Crippen molar-refractivity contribution in [1.29, 1.82) is 0 Å². The van der Waals surface area contributed by atoms with Gasteiger partial charge in [0.15, 0.2) is 0 Å². The van der Waals surface area contributed by atoms with Crippen LogP contribution in [0.3, 0.4) is 0 Å². The fraction of sp³-hybridized carbons (Fsp3) is 0.625. The van der Waals surface area contributed by atoms with Crippen LogP contribution in [-0.2, 0) is 16.5 Å². The van der Waals surface area contributed by atoms with Crippen molar-refractivity contribution in [1.82, 2.24) is 9.97 Å². The summed E-state index contributed by atoms with van der Waals surface area (Å²) >= 11 is 0. The number of H-pyrrole nitrogens is 1. The molecule has 1 rings (SSSR count). The van der Waals surface area contributed by atoms with Crippen molar-refractivity contribution in [2.45, 2.75) is 25.7 Å². The molecule has 0 aromatic carbocycles. The van der Waals surface area contributed by atoms with E-state index in [4.69, 9.17) is 4.55 Å². The third-order valence-corrected chi connectivity index (χ3v) is 2.68. The van der Waals surface area contributed by atoms with Crippen molar-refractivity contribution in [3.63, 3.8) is 0 Å². The van der Waals surface area contributed by atoms with E-state index in [-0.39, 0.29) is 5.75 Å². The van der Waals surface area contributed by atoms with E-state index >= 15 is 0 Å². The first kappa shape index (κ1) is 11.2. The van der Waals surface area contributed by atoms with E-state index in [1.54, 1.807) is 12.4 Å². The van der Waals surface area contributed by atoms with Gasteiger partial charge in [-0.2, -0.15) is 8.42 Å². The summed E-state index contributed by atoms with van der Waals surface area (Å²) in [5.74, 6) is 0.766. The van der Waals surface area contributed by atoms with Gasteiger partial charge < -0.3 is 4.98 Å². The number of imidazole rings is 1. The maximum Gasteiger partial charge on any atom is 0.264 e. The van der Waals surface area contributed by atoms with Crippen LogP contribution in [0.5, 0.6) is 0 Å². The summed E-state index contributed by atoms with van der Waals surface area (Å²) in [6.07, 6.45) is 6.42. The molecule has 0 amide bonds. The summed E-state index contributed by atoms with van der Waals surface area (Å²) in [7, 11) is -3.78. The van der Waals surface area contributed by atoms with Crippen LogP contribution in [0.4, 0.5) is 0 Å². The second-order valence-electron chi connectivity index (χ2n) is 3.13. The molecule has 14 heavy (non-hydrogen) atoms. The Bertz CT molecular complexity index is 345. The number of aromatic nitrogens is 2. The smallest absolute Gasteiger partial charge is 0.264 e. The molecule has 0 fully saturated rings. The zero-order valence-corrected chi connectivity index (χ0v) is 8.63. The van der Waals surface area contributed by atoms with Crippen LogP contribution in [0.1, 0.15) is 25.1 Å². The zero-order valence-electron chi connectivity index (χ0n) is 7.81. The van der Waals surface area contributed by atoms with Crippen molar-refractivity contribution in [3.8, 4) is 0 Å². The summed E-state index contributed by atoms with van der Waals surface area (Å²) in [6, 6.07) is 0. The van der Waals surface area contributed by atoms with Crippen molar-refractivity contribution >= 4 is 10.1 Å². The van der Waals surface area contributed by atoms with Gasteiger partial charge in [-0.15, -0.1) is 0 Å². The van der Waals surface area contributed by atoms with E-state index < -0.39 is 10.1 Å². The fourth-order valence-electron chi connectivity index (χ4n) is 1.19. The Morgan fingerprint density at radius 2 is 2.14 bits per heavy atom. The standard InChI is InChI=1S/C8H14N2O3S/c11-14(12,13)7-3-1-2-4-8-9-5-6-10-8/h5-6H,1-4,7H2,(H,9,10)(H,11,12,13). The SMILES string of the molecule is O=S(=O)(O)CCCCCc1ncc[nH]1. The number of rotatable bonds is 6. The lowest BCUT2D eigenvalue weighted by atomic mass is 10.2. The molecular weight excluding hydrogens is 204 g/mol. The van der Waals surface area contributed by atoms with Gasteiger partial charge in [0.2, 0.25) is 0 Å². The number of aromatic amines is 1. The maximum atomic E-state index is 10.4. The molecule has 0 aliphatic carbocycles. The summed E-state index contributed by atoms with van der Waals surface area (Å²) in [5, 5.41) is 0. The predicted octanol–water partition coefficient (Wildman–Crippen LogP) is 1.01. The molecule has 0 aliphatic rings. The summed E-state index contributed by atoms with van der Waals surface area (Å²) in [6.45, 7) is 0. The lowest BCUT2D eigenvalue weighted by Crippen LogP contribution is -2.03. The normalized spacial score (nSPS) is 11.8. The van der Waals surface area contributed by atoms with Crippen LogP contribution < -0.4 is 0 Å². The molecule has 2 N–H and O–H groups in total. The van der Waals surface area contributed by atoms with Crippen molar-refractivity contribution in [3.05, 3.63) is 18.2 Å². The number of hydrogen-bond donors (Lipinski definition) is 2. The molecule has 5 nitrogen and oxygen atoms in total. The first-order chi connectivity index (χ1) is 6.58. The van der Waals surface area contributed by atoms with E-state index in [0.717, 1.165) is 25.1 Å². The van der Waals surface area contributed by atoms with Gasteiger partial charge in [0.1, 0.15) is 5.82 Å². The number of unbranched alkanes of at least 4 members (excludes halogenated alkanes) is 2. The molecule has 0 radical (unpaired) electrons. The van der Waals surface area contributed by atoms with Crippen LogP contribution in [0, 0.1) is 0 Å². The largest absolute Gasteiger partial charge is 0.349 e. The van der Waals surface area contributed by atoms with E-state index in [2.05, 4.69) is 9.97 Å². The quantitative estimate of drug-likeness (QED) is 0.551. The van der Waals surface area contributed by atoms with Gasteiger partial charge in [-0.25, -0.2) is 4.98 Å². The van der Waals surface area contributed by atoms with Gasteiger partial charge in [0, 0.05) is 18.8 Å². The highest BCUT2D eigenvalue weighted by Crippen LogP contribution is 2.02. The fourth-order valence-corrected chi connectivity index (χ4v) is 1.76. The van der Waals surface area contributed by atoms with Crippen LogP contribution >= 0.6 is 0 Å². The lowest BCUT2D eigenvalue weighted by Gasteiger charge is -1.97. The number of hydrogen-bond acceptors (Lipinski definition) is 3. The van der Waals surface area contributed by atoms with Gasteiger partial charge in [-0.05, 0) is 12.8 Å². The monoisotopic (exact) mass is 218 g/mol. The van der Waals surface area contributed by atoms with Crippen LogP contribution in [0.2, 0.25) is 0 Å². The van der Waals surface area contributed by atoms with Gasteiger partial charge in [-0.1, -0.05) is 6.42 Å². The molecule has 0 saturated heterocycles. The molecule has 0 bridgehead atoms. The Hall–Kier alpha value is -0.880. The molecule has 1 aromatic heterocycles. The third-order valence-electron chi connectivity index (χ3n) is 1.87. The Morgan fingerprint density at radius 3 is 2.71 bits per heavy atom. The van der Waals surface area contributed by atoms with Crippen LogP contribution in [0.25, 0.3) is 0 Å². The predicted molar refractivity (Wildman–Crippen MR) is 52.6 cm³/mol. The summed E-state index contributed by atoms with van der Waals surface area (Å²) in [5.41, 5.74) is 0.